The fourth-order valence-corrected chi connectivity index (χ4v) is 5.12. The molecule has 1 saturated heterocycles. The number of morpholine rings is 1. The van der Waals surface area contributed by atoms with Gasteiger partial charge in [-0.3, -0.25) is 19.8 Å². The van der Waals surface area contributed by atoms with Crippen molar-refractivity contribution >= 4 is 57.7 Å². The molecule has 1 aromatic heterocycles. The lowest BCUT2D eigenvalue weighted by molar-refractivity contribution is -0.134. The Bertz CT molecular complexity index is 1330. The van der Waals surface area contributed by atoms with Gasteiger partial charge in [0.15, 0.2) is 11.8 Å². The lowest BCUT2D eigenvalue weighted by Gasteiger charge is -2.30. The highest BCUT2D eigenvalue weighted by Gasteiger charge is 2.28. The number of rotatable bonds is 8. The molecule has 1 N–H and O–H groups in total. The lowest BCUT2D eigenvalue weighted by Crippen LogP contribution is -2.45. The molecule has 1 fully saturated rings. The highest BCUT2D eigenvalue weighted by Crippen LogP contribution is 2.28. The number of nitrogens with one attached hydrogen (secondary N) is 1. The molecule has 190 valence electrons. The van der Waals surface area contributed by atoms with Gasteiger partial charge in [0.2, 0.25) is 5.91 Å². The monoisotopic (exact) mass is 550 g/mol. The van der Waals surface area contributed by atoms with E-state index in [4.69, 9.17) is 32.7 Å². The number of carbonyl (C=O) groups is 2. The Morgan fingerprint density at radius 3 is 2.67 bits per heavy atom. The minimum absolute atomic E-state index is 0.0632. The summed E-state index contributed by atoms with van der Waals surface area (Å²) in [5.74, 6) is -0.390. The minimum Gasteiger partial charge on any atom is -0.482 e. The van der Waals surface area contributed by atoms with Crippen LogP contribution in [-0.2, 0) is 14.3 Å². The molecule has 0 saturated carbocycles. The van der Waals surface area contributed by atoms with Gasteiger partial charge in [0.1, 0.15) is 5.75 Å². The third-order valence-corrected chi connectivity index (χ3v) is 7.29. The smallest absolute Gasteiger partial charge is 0.281 e. The first-order valence-electron chi connectivity index (χ1n) is 11.3. The van der Waals surface area contributed by atoms with E-state index in [1.54, 1.807) is 41.3 Å². The fourth-order valence-electron chi connectivity index (χ4n) is 3.61. The van der Waals surface area contributed by atoms with Crippen molar-refractivity contribution in [2.75, 3.05) is 38.3 Å². The van der Waals surface area contributed by atoms with Gasteiger partial charge in [-0.15, -0.1) is 0 Å². The molecule has 1 unspecified atom stereocenters. The Morgan fingerprint density at radius 1 is 1.19 bits per heavy atom. The number of nitrogens with zero attached hydrogens (tertiary/aromatic N) is 3. The maximum atomic E-state index is 13.3. The van der Waals surface area contributed by atoms with Crippen LogP contribution in [0.15, 0.2) is 52.4 Å². The van der Waals surface area contributed by atoms with Crippen LogP contribution in [0, 0.1) is 0 Å². The van der Waals surface area contributed by atoms with E-state index in [-0.39, 0.29) is 21.8 Å². The second-order valence-electron chi connectivity index (χ2n) is 7.90. The summed E-state index contributed by atoms with van der Waals surface area (Å²) in [5, 5.41) is 0.720. The number of aromatic nitrogens is 2. The van der Waals surface area contributed by atoms with Crippen molar-refractivity contribution in [1.29, 1.82) is 0 Å². The Kier molecular flexibility index (Phi) is 8.73. The van der Waals surface area contributed by atoms with Crippen LogP contribution in [0.1, 0.15) is 13.3 Å². The molecule has 0 radical (unpaired) electrons. The number of ether oxygens (including phenoxy) is 2. The van der Waals surface area contributed by atoms with Crippen LogP contribution in [0.3, 0.4) is 0 Å². The molecule has 1 aliphatic rings. The number of halogens is 2. The van der Waals surface area contributed by atoms with E-state index in [1.165, 1.54) is 6.07 Å². The van der Waals surface area contributed by atoms with E-state index in [9.17, 15) is 14.4 Å². The third kappa shape index (κ3) is 6.12. The van der Waals surface area contributed by atoms with Crippen molar-refractivity contribution < 1.29 is 19.1 Å². The molecule has 1 aliphatic heterocycles. The second kappa shape index (κ2) is 12.0. The van der Waals surface area contributed by atoms with Crippen LogP contribution in [0.5, 0.6) is 5.75 Å². The Balaban J connectivity index is 1.58. The van der Waals surface area contributed by atoms with E-state index in [0.29, 0.717) is 48.6 Å². The summed E-state index contributed by atoms with van der Waals surface area (Å²) in [6.45, 7) is 3.47. The van der Waals surface area contributed by atoms with E-state index in [2.05, 4.69) is 10.4 Å². The molecule has 12 heteroatoms. The molecule has 1 atom stereocenters. The molecule has 0 spiro atoms. The van der Waals surface area contributed by atoms with Crippen molar-refractivity contribution in [2.45, 2.75) is 23.8 Å². The zero-order valence-corrected chi connectivity index (χ0v) is 21.7. The summed E-state index contributed by atoms with van der Waals surface area (Å²) in [5.41, 5.74) is 2.57. The standard InChI is InChI=1S/C24H24Cl2N4O5S/c1-2-20(23(33)29-9-11-34-12-10-29)36-24-27-18-6-4-3-5-16(18)22(32)30(24)28-21(31)14-35-19-8-7-15(25)13-17(19)26/h3-8,13,20H,2,9-12,14H2,1H3,(H,28,31). The van der Waals surface area contributed by atoms with Crippen molar-refractivity contribution in [3.8, 4) is 5.75 Å². The number of carbonyl (C=O) groups excluding carboxylic acids is 2. The highest BCUT2D eigenvalue weighted by atomic mass is 35.5. The summed E-state index contributed by atoms with van der Waals surface area (Å²) in [4.78, 5) is 45.5. The molecule has 4 rings (SSSR count). The van der Waals surface area contributed by atoms with Gasteiger partial charge >= 0.3 is 0 Å². The molecule has 0 bridgehead atoms. The van der Waals surface area contributed by atoms with Crippen LogP contribution in [-0.4, -0.2) is 64.5 Å². The van der Waals surface area contributed by atoms with Crippen LogP contribution in [0.2, 0.25) is 10.0 Å². The van der Waals surface area contributed by atoms with Crippen molar-refractivity contribution in [3.63, 3.8) is 0 Å². The first-order chi connectivity index (χ1) is 17.4. The SMILES string of the molecule is CCC(Sc1nc2ccccc2c(=O)n1NC(=O)COc1ccc(Cl)cc1Cl)C(=O)N1CCOCC1. The van der Waals surface area contributed by atoms with Crippen molar-refractivity contribution in [2.24, 2.45) is 0 Å². The molecule has 36 heavy (non-hydrogen) atoms. The first-order valence-corrected chi connectivity index (χ1v) is 12.9. The number of hydrogen-bond acceptors (Lipinski definition) is 7. The molecule has 2 aromatic carbocycles. The number of amides is 2. The summed E-state index contributed by atoms with van der Waals surface area (Å²) in [6, 6.07) is 11.5. The van der Waals surface area contributed by atoms with Gasteiger partial charge in [-0.2, -0.15) is 4.68 Å². The zero-order valence-electron chi connectivity index (χ0n) is 19.4. The summed E-state index contributed by atoms with van der Waals surface area (Å²) in [6.07, 6.45) is 0.510. The number of benzene rings is 2. The Hall–Kier alpha value is -2.79. The zero-order chi connectivity index (χ0) is 25.7. The topological polar surface area (TPSA) is 103 Å². The molecular formula is C24H24Cl2N4O5S. The first kappa shape index (κ1) is 26.3. The average molecular weight is 551 g/mol. The highest BCUT2D eigenvalue weighted by molar-refractivity contribution is 8.00. The second-order valence-corrected chi connectivity index (χ2v) is 9.92. The van der Waals surface area contributed by atoms with Gasteiger partial charge in [-0.05, 0) is 36.8 Å². The predicted octanol–water partition coefficient (Wildman–Crippen LogP) is 3.58. The van der Waals surface area contributed by atoms with E-state index in [1.807, 2.05) is 6.92 Å². The van der Waals surface area contributed by atoms with Gasteiger partial charge in [0.05, 0.1) is 34.4 Å². The molecular weight excluding hydrogens is 527 g/mol. The number of fused-ring (bicyclic) bond motifs is 1. The van der Waals surface area contributed by atoms with Crippen LogP contribution >= 0.6 is 35.0 Å². The average Bonchev–Trinajstić information content (AvgIpc) is 2.89. The van der Waals surface area contributed by atoms with Crippen molar-refractivity contribution in [1.82, 2.24) is 14.6 Å². The quantitative estimate of drug-likeness (QED) is 0.337. The largest absolute Gasteiger partial charge is 0.482 e. The summed E-state index contributed by atoms with van der Waals surface area (Å²) in [7, 11) is 0. The summed E-state index contributed by atoms with van der Waals surface area (Å²) < 4.78 is 11.9. The van der Waals surface area contributed by atoms with Gasteiger partial charge in [0, 0.05) is 18.1 Å². The molecule has 0 aliphatic carbocycles. The number of para-hydroxylation sites is 1. The van der Waals surface area contributed by atoms with Gasteiger partial charge in [-0.1, -0.05) is 54.0 Å². The molecule has 2 heterocycles. The Morgan fingerprint density at radius 2 is 1.94 bits per heavy atom. The predicted molar refractivity (Wildman–Crippen MR) is 140 cm³/mol. The maximum absolute atomic E-state index is 13.3. The number of thioether (sulfide) groups is 1. The van der Waals surface area contributed by atoms with Crippen LogP contribution in [0.4, 0.5) is 0 Å². The molecule has 3 aromatic rings. The lowest BCUT2D eigenvalue weighted by atomic mass is 10.2. The number of hydrogen-bond donors (Lipinski definition) is 1. The molecule has 2 amide bonds. The van der Waals surface area contributed by atoms with Crippen LogP contribution < -0.4 is 15.7 Å². The summed E-state index contributed by atoms with van der Waals surface area (Å²) >= 11 is 13.1. The van der Waals surface area contributed by atoms with Crippen molar-refractivity contribution in [3.05, 3.63) is 62.9 Å². The van der Waals surface area contributed by atoms with Gasteiger partial charge in [-0.25, -0.2) is 4.98 Å². The van der Waals surface area contributed by atoms with E-state index < -0.39 is 23.3 Å². The van der Waals surface area contributed by atoms with Crippen LogP contribution in [0.25, 0.3) is 10.9 Å². The maximum Gasteiger partial charge on any atom is 0.281 e. The van der Waals surface area contributed by atoms with E-state index in [0.717, 1.165) is 16.4 Å². The van der Waals surface area contributed by atoms with E-state index >= 15 is 0 Å². The Labute approximate surface area is 221 Å². The molecule has 9 nitrogen and oxygen atoms in total. The minimum atomic E-state index is -0.602. The fraction of sp³-hybridized carbons (Fsp3) is 0.333. The normalized spacial score (nSPS) is 14.5. The van der Waals surface area contributed by atoms with Gasteiger partial charge < -0.3 is 14.4 Å². The third-order valence-electron chi connectivity index (χ3n) is 5.45. The van der Waals surface area contributed by atoms with Gasteiger partial charge in [0.25, 0.3) is 11.5 Å².